The van der Waals surface area contributed by atoms with Gasteiger partial charge in [-0.25, -0.2) is 4.98 Å². The number of primary amides is 1. The number of pyridine rings is 1. The summed E-state index contributed by atoms with van der Waals surface area (Å²) in [5.74, 6) is -1.66. The summed E-state index contributed by atoms with van der Waals surface area (Å²) in [6.07, 6.45) is -3.77. The van der Waals surface area contributed by atoms with Crippen LogP contribution in [0.2, 0.25) is 0 Å². The molecule has 0 unspecified atom stereocenters. The van der Waals surface area contributed by atoms with Gasteiger partial charge in [-0.1, -0.05) is 0 Å². The second kappa shape index (κ2) is 3.76. The molecule has 0 bridgehead atoms. The lowest BCUT2D eigenvalue weighted by Gasteiger charge is -2.12. The molecule has 0 aliphatic carbocycles. The van der Waals surface area contributed by atoms with E-state index in [1.54, 1.807) is 0 Å². The van der Waals surface area contributed by atoms with Crippen molar-refractivity contribution < 1.29 is 22.7 Å². The number of methoxy groups -OCH3 is 1. The summed E-state index contributed by atoms with van der Waals surface area (Å²) in [5.41, 5.74) is 2.92. The van der Waals surface area contributed by atoms with Crippen LogP contribution in [0.15, 0.2) is 12.3 Å². The molecule has 0 aliphatic rings. The summed E-state index contributed by atoms with van der Waals surface area (Å²) in [7, 11) is 1.11. The van der Waals surface area contributed by atoms with E-state index < -0.39 is 29.1 Å². The molecule has 82 valence electrons. The SMILES string of the molecule is COc1nccc(C(F)(F)F)c1C(N)=O. The van der Waals surface area contributed by atoms with Gasteiger partial charge in [0.05, 0.1) is 12.7 Å². The van der Waals surface area contributed by atoms with E-state index >= 15 is 0 Å². The molecule has 4 nitrogen and oxygen atoms in total. The number of nitrogens with zero attached hydrogens (tertiary/aromatic N) is 1. The van der Waals surface area contributed by atoms with Crippen molar-refractivity contribution in [2.75, 3.05) is 7.11 Å². The monoisotopic (exact) mass is 220 g/mol. The molecule has 2 N–H and O–H groups in total. The molecule has 7 heteroatoms. The van der Waals surface area contributed by atoms with Gasteiger partial charge in [0.25, 0.3) is 5.91 Å². The van der Waals surface area contributed by atoms with E-state index in [9.17, 15) is 18.0 Å². The maximum absolute atomic E-state index is 12.4. The quantitative estimate of drug-likeness (QED) is 0.814. The minimum absolute atomic E-state index is 0.433. The highest BCUT2D eigenvalue weighted by molar-refractivity contribution is 5.96. The van der Waals surface area contributed by atoms with Crippen LogP contribution in [0.5, 0.6) is 5.88 Å². The van der Waals surface area contributed by atoms with Crippen molar-refractivity contribution in [1.82, 2.24) is 4.98 Å². The summed E-state index contributed by atoms with van der Waals surface area (Å²) in [4.78, 5) is 14.3. The van der Waals surface area contributed by atoms with Crippen molar-refractivity contribution >= 4 is 5.91 Å². The Labute approximate surface area is 82.9 Å². The Morgan fingerprint density at radius 2 is 2.13 bits per heavy atom. The minimum Gasteiger partial charge on any atom is -0.480 e. The smallest absolute Gasteiger partial charge is 0.417 e. The van der Waals surface area contributed by atoms with Crippen LogP contribution in [-0.4, -0.2) is 18.0 Å². The first-order valence-electron chi connectivity index (χ1n) is 3.78. The molecule has 1 aromatic heterocycles. The summed E-state index contributed by atoms with van der Waals surface area (Å²) in [6, 6.07) is 0.669. The Bertz CT molecular complexity index is 390. The van der Waals surface area contributed by atoms with Gasteiger partial charge in [0, 0.05) is 6.20 Å². The number of ether oxygens (including phenoxy) is 1. The Balaban J connectivity index is 3.46. The molecule has 0 saturated heterocycles. The van der Waals surface area contributed by atoms with Crippen molar-refractivity contribution in [2.45, 2.75) is 6.18 Å². The minimum atomic E-state index is -4.67. The van der Waals surface area contributed by atoms with Gasteiger partial charge in [-0.3, -0.25) is 4.79 Å². The largest absolute Gasteiger partial charge is 0.480 e. The van der Waals surface area contributed by atoms with E-state index in [0.717, 1.165) is 13.3 Å². The molecule has 15 heavy (non-hydrogen) atoms. The highest BCUT2D eigenvalue weighted by Gasteiger charge is 2.36. The first-order chi connectivity index (χ1) is 6.88. The van der Waals surface area contributed by atoms with E-state index in [-0.39, 0.29) is 0 Å². The fraction of sp³-hybridized carbons (Fsp3) is 0.250. The molecular formula is C8H7F3N2O2. The molecule has 1 rings (SSSR count). The van der Waals surface area contributed by atoms with Crippen LogP contribution in [0, 0.1) is 0 Å². The topological polar surface area (TPSA) is 65.2 Å². The van der Waals surface area contributed by atoms with Gasteiger partial charge in [0.1, 0.15) is 5.56 Å². The van der Waals surface area contributed by atoms with E-state index in [4.69, 9.17) is 5.73 Å². The lowest BCUT2D eigenvalue weighted by atomic mass is 10.1. The van der Waals surface area contributed by atoms with Crippen molar-refractivity contribution in [1.29, 1.82) is 0 Å². The van der Waals surface area contributed by atoms with Crippen molar-refractivity contribution in [2.24, 2.45) is 5.73 Å². The normalized spacial score (nSPS) is 11.2. The van der Waals surface area contributed by atoms with Crippen molar-refractivity contribution in [3.05, 3.63) is 23.4 Å². The first-order valence-corrected chi connectivity index (χ1v) is 3.78. The van der Waals surface area contributed by atoms with Crippen molar-refractivity contribution in [3.63, 3.8) is 0 Å². The number of amides is 1. The summed E-state index contributed by atoms with van der Waals surface area (Å²) >= 11 is 0. The average Bonchev–Trinajstić information content (AvgIpc) is 2.15. The number of rotatable bonds is 2. The third kappa shape index (κ3) is 2.17. The molecule has 1 amide bonds. The van der Waals surface area contributed by atoms with Crippen LogP contribution in [0.3, 0.4) is 0 Å². The van der Waals surface area contributed by atoms with Gasteiger partial charge in [-0.05, 0) is 6.07 Å². The highest BCUT2D eigenvalue weighted by Crippen LogP contribution is 2.34. The Morgan fingerprint density at radius 1 is 1.53 bits per heavy atom. The number of halogens is 3. The Kier molecular flexibility index (Phi) is 2.83. The van der Waals surface area contributed by atoms with E-state index in [2.05, 4.69) is 9.72 Å². The van der Waals surface area contributed by atoms with Crippen LogP contribution >= 0.6 is 0 Å². The third-order valence-electron chi connectivity index (χ3n) is 1.66. The third-order valence-corrected chi connectivity index (χ3v) is 1.66. The molecule has 0 radical (unpaired) electrons. The standard InChI is InChI=1S/C8H7F3N2O2/c1-15-7-5(6(12)14)4(2-3-13-7)8(9,10)11/h2-3H,1H3,(H2,12,14). The number of carbonyl (C=O) groups is 1. The van der Waals surface area contributed by atoms with Gasteiger partial charge in [0.15, 0.2) is 0 Å². The fourth-order valence-electron chi connectivity index (χ4n) is 1.07. The maximum atomic E-state index is 12.4. The van der Waals surface area contributed by atoms with Crippen LogP contribution in [-0.2, 0) is 6.18 Å². The van der Waals surface area contributed by atoms with Gasteiger partial charge in [0.2, 0.25) is 5.88 Å². The molecule has 0 atom stereocenters. The van der Waals surface area contributed by atoms with E-state index in [1.807, 2.05) is 0 Å². The molecule has 0 fully saturated rings. The molecule has 0 aromatic carbocycles. The maximum Gasteiger partial charge on any atom is 0.417 e. The lowest BCUT2D eigenvalue weighted by Crippen LogP contribution is -2.20. The van der Waals surface area contributed by atoms with Gasteiger partial charge < -0.3 is 10.5 Å². The Hall–Kier alpha value is -1.79. The van der Waals surface area contributed by atoms with Crippen LogP contribution in [0.4, 0.5) is 13.2 Å². The molecule has 0 spiro atoms. The zero-order valence-electron chi connectivity index (χ0n) is 7.63. The molecule has 0 saturated carbocycles. The summed E-state index contributed by atoms with van der Waals surface area (Å²) in [5, 5.41) is 0. The zero-order valence-corrected chi connectivity index (χ0v) is 7.63. The number of alkyl halides is 3. The fourth-order valence-corrected chi connectivity index (χ4v) is 1.07. The summed E-state index contributed by atoms with van der Waals surface area (Å²) < 4.78 is 41.8. The molecule has 1 aromatic rings. The number of carbonyl (C=O) groups excluding carboxylic acids is 1. The zero-order chi connectivity index (χ0) is 11.6. The number of nitrogens with two attached hydrogens (primary N) is 1. The predicted molar refractivity (Wildman–Crippen MR) is 44.3 cm³/mol. The lowest BCUT2D eigenvalue weighted by molar-refractivity contribution is -0.138. The highest BCUT2D eigenvalue weighted by atomic mass is 19.4. The van der Waals surface area contributed by atoms with Crippen LogP contribution in [0.25, 0.3) is 0 Å². The van der Waals surface area contributed by atoms with Gasteiger partial charge in [-0.2, -0.15) is 13.2 Å². The van der Waals surface area contributed by atoms with Gasteiger partial charge in [-0.15, -0.1) is 0 Å². The van der Waals surface area contributed by atoms with E-state index in [1.165, 1.54) is 0 Å². The van der Waals surface area contributed by atoms with E-state index in [0.29, 0.717) is 6.07 Å². The number of hydrogen-bond acceptors (Lipinski definition) is 3. The van der Waals surface area contributed by atoms with Gasteiger partial charge >= 0.3 is 6.18 Å². The molecular weight excluding hydrogens is 213 g/mol. The second-order valence-corrected chi connectivity index (χ2v) is 2.60. The molecule has 0 aliphatic heterocycles. The predicted octanol–water partition coefficient (Wildman–Crippen LogP) is 1.21. The van der Waals surface area contributed by atoms with Crippen LogP contribution in [0.1, 0.15) is 15.9 Å². The van der Waals surface area contributed by atoms with Crippen LogP contribution < -0.4 is 10.5 Å². The summed E-state index contributed by atoms with van der Waals surface area (Å²) in [6.45, 7) is 0. The molecule has 1 heterocycles. The van der Waals surface area contributed by atoms with Crippen molar-refractivity contribution in [3.8, 4) is 5.88 Å². The Morgan fingerprint density at radius 3 is 2.53 bits per heavy atom. The second-order valence-electron chi connectivity index (χ2n) is 2.60. The number of aromatic nitrogens is 1. The first kappa shape index (κ1) is 11.3. The average molecular weight is 220 g/mol. The number of hydrogen-bond donors (Lipinski definition) is 1.